The molecule has 3 aliphatic heterocycles. The molecule has 4 rings (SSSR count). The molecule has 3 heterocycles. The highest BCUT2D eigenvalue weighted by atomic mass is 79.9. The number of hydrogen-bond donors (Lipinski definition) is 2. The fraction of sp³-hybridized carbons (Fsp3) is 0.622. The van der Waals surface area contributed by atoms with Crippen molar-refractivity contribution in [3.63, 3.8) is 0 Å². The third-order valence-electron chi connectivity index (χ3n) is 9.84. The maximum absolute atomic E-state index is 14.5. The van der Waals surface area contributed by atoms with Crippen molar-refractivity contribution in [2.45, 2.75) is 99.6 Å². The van der Waals surface area contributed by atoms with E-state index in [-0.39, 0.29) is 48.2 Å². The van der Waals surface area contributed by atoms with Gasteiger partial charge < -0.3 is 34.4 Å². The number of ether oxygens (including phenoxy) is 3. The molecule has 0 aliphatic carbocycles. The second-order valence-electron chi connectivity index (χ2n) is 13.4. The number of nitrogens with one attached hydrogen (secondary N) is 1. The Kier molecular flexibility index (Phi) is 14.0. The number of halogens is 1. The smallest absolute Gasteiger partial charge is 0.313 e. The zero-order valence-corrected chi connectivity index (χ0v) is 30.5. The van der Waals surface area contributed by atoms with Gasteiger partial charge in [-0.3, -0.25) is 19.2 Å². The third-order valence-corrected chi connectivity index (χ3v) is 10.7. The maximum atomic E-state index is 14.5. The van der Waals surface area contributed by atoms with Crippen LogP contribution < -0.4 is 5.32 Å². The van der Waals surface area contributed by atoms with Crippen LogP contribution in [0.15, 0.2) is 55.6 Å². The van der Waals surface area contributed by atoms with E-state index in [2.05, 4.69) is 34.4 Å². The Balaban J connectivity index is 1.70. The van der Waals surface area contributed by atoms with Crippen molar-refractivity contribution < 1.29 is 38.5 Å². The first-order valence-corrected chi connectivity index (χ1v) is 18.3. The first-order valence-electron chi connectivity index (χ1n) is 17.3. The van der Waals surface area contributed by atoms with Crippen molar-refractivity contribution in [1.29, 1.82) is 0 Å². The summed E-state index contributed by atoms with van der Waals surface area (Å²) in [6, 6.07) is 7.32. The number of aliphatic hydroxyl groups excluding tert-OH is 1. The predicted molar refractivity (Wildman–Crippen MR) is 189 cm³/mol. The van der Waals surface area contributed by atoms with Crippen LogP contribution in [0.25, 0.3) is 0 Å². The van der Waals surface area contributed by atoms with Crippen LogP contribution in [0.2, 0.25) is 0 Å². The number of fused-ring (bicyclic) bond motifs is 1. The highest BCUT2D eigenvalue weighted by Gasteiger charge is 2.77. The monoisotopic (exact) mass is 745 g/mol. The minimum Gasteiger partial charge on any atom is -0.455 e. The van der Waals surface area contributed by atoms with Gasteiger partial charge in [-0.15, -0.1) is 13.2 Å². The molecule has 1 unspecified atom stereocenters. The number of hydrogen-bond acceptors (Lipinski definition) is 8. The fourth-order valence-corrected chi connectivity index (χ4v) is 8.59. The average molecular weight is 747 g/mol. The number of aliphatic hydroxyl groups is 1. The standard InChI is InChI=1S/C37H52BrN3O8/c1-6-8-18-28(43)39-27(23-47-5)31(25-16-12-11-13-17-25)48-36(46)29-30-34(44)41(20-14-9-10-15-21-42)33(35(45)40(19-7-2)24(3)4)37(30)22-26(38)32(29)49-37/h6-7,11-13,16-17,24,26-27,29-33,42H,1-2,8-10,14-15,18-23H2,3-5H3,(H,39,43)/t26?,27-,29+,30-,31-,32+,33+,37-/m0/s1. The molecule has 2 bridgehead atoms. The zero-order valence-electron chi connectivity index (χ0n) is 28.9. The maximum Gasteiger partial charge on any atom is 0.313 e. The van der Waals surface area contributed by atoms with Crippen molar-refractivity contribution in [1.82, 2.24) is 15.1 Å². The summed E-state index contributed by atoms with van der Waals surface area (Å²) in [5.74, 6) is -3.32. The van der Waals surface area contributed by atoms with Gasteiger partial charge in [-0.05, 0) is 45.1 Å². The van der Waals surface area contributed by atoms with Gasteiger partial charge >= 0.3 is 5.97 Å². The van der Waals surface area contributed by atoms with E-state index in [4.69, 9.17) is 14.2 Å². The molecule has 12 heteroatoms. The molecular formula is C37H52BrN3O8. The van der Waals surface area contributed by atoms with E-state index in [9.17, 15) is 24.3 Å². The lowest BCUT2D eigenvalue weighted by molar-refractivity contribution is -0.163. The molecule has 1 spiro atoms. The molecule has 49 heavy (non-hydrogen) atoms. The number of allylic oxidation sites excluding steroid dienone is 1. The van der Waals surface area contributed by atoms with Crippen LogP contribution in [0.5, 0.6) is 0 Å². The Bertz CT molecular complexity index is 1330. The topological polar surface area (TPSA) is 135 Å². The van der Waals surface area contributed by atoms with Gasteiger partial charge in [0, 0.05) is 44.1 Å². The molecule has 2 N–H and O–H groups in total. The largest absolute Gasteiger partial charge is 0.455 e. The average Bonchev–Trinajstić information content (AvgIpc) is 3.67. The molecule has 1 aromatic rings. The van der Waals surface area contributed by atoms with Crippen LogP contribution >= 0.6 is 15.9 Å². The minimum absolute atomic E-state index is 0.0691. The molecule has 3 amide bonds. The van der Waals surface area contributed by atoms with Gasteiger partial charge in [0.05, 0.1) is 30.6 Å². The Morgan fingerprint density at radius 1 is 1.16 bits per heavy atom. The summed E-state index contributed by atoms with van der Waals surface area (Å²) >= 11 is 3.74. The summed E-state index contributed by atoms with van der Waals surface area (Å²) < 4.78 is 18.5. The van der Waals surface area contributed by atoms with Crippen molar-refractivity contribution in [3.8, 4) is 0 Å². The van der Waals surface area contributed by atoms with Gasteiger partial charge in [0.25, 0.3) is 0 Å². The van der Waals surface area contributed by atoms with Crippen molar-refractivity contribution >= 4 is 39.6 Å². The Morgan fingerprint density at radius 3 is 2.51 bits per heavy atom. The quantitative estimate of drug-likeness (QED) is 0.0883. The summed E-state index contributed by atoms with van der Waals surface area (Å²) in [6.07, 6.45) is 5.65. The number of rotatable bonds is 20. The fourth-order valence-electron chi connectivity index (χ4n) is 7.64. The van der Waals surface area contributed by atoms with Crippen molar-refractivity contribution in [2.24, 2.45) is 11.8 Å². The number of amides is 3. The van der Waals surface area contributed by atoms with Crippen LogP contribution in [0, 0.1) is 11.8 Å². The molecule has 3 saturated heterocycles. The van der Waals surface area contributed by atoms with Crippen LogP contribution in [0.4, 0.5) is 0 Å². The first-order chi connectivity index (χ1) is 23.6. The zero-order chi connectivity index (χ0) is 35.7. The predicted octanol–water partition coefficient (Wildman–Crippen LogP) is 4.09. The molecule has 3 fully saturated rings. The van der Waals surface area contributed by atoms with Crippen LogP contribution in [-0.4, -0.2) is 107 Å². The van der Waals surface area contributed by atoms with E-state index in [1.807, 2.05) is 44.2 Å². The lowest BCUT2D eigenvalue weighted by Gasteiger charge is -2.38. The summed E-state index contributed by atoms with van der Waals surface area (Å²) in [5.41, 5.74) is -0.577. The molecule has 1 aromatic carbocycles. The highest BCUT2D eigenvalue weighted by Crippen LogP contribution is 2.60. The summed E-state index contributed by atoms with van der Waals surface area (Å²) in [6.45, 7) is 12.2. The second kappa shape index (κ2) is 17.7. The van der Waals surface area contributed by atoms with Crippen molar-refractivity contribution in [2.75, 3.05) is 33.4 Å². The number of carbonyl (C=O) groups is 4. The normalized spacial score (nSPS) is 26.7. The Hall–Kier alpha value is -3.06. The van der Waals surface area contributed by atoms with E-state index < -0.39 is 47.7 Å². The van der Waals surface area contributed by atoms with E-state index in [1.165, 1.54) is 7.11 Å². The van der Waals surface area contributed by atoms with Gasteiger partial charge in [-0.2, -0.15) is 0 Å². The first kappa shape index (κ1) is 38.7. The van der Waals surface area contributed by atoms with E-state index >= 15 is 0 Å². The molecule has 3 aliphatic rings. The number of alkyl halides is 1. The number of carbonyl (C=O) groups excluding carboxylic acids is 4. The summed E-state index contributed by atoms with van der Waals surface area (Å²) in [5, 5.41) is 12.2. The SMILES string of the molecule is C=CCCC(=O)N[C@@H](COC)[C@@H](OC(=O)[C@H]1[C@@H]2O[C@@]3(CC2Br)[C@@H]1C(=O)N(CCCCCCO)[C@@H]3C(=O)N(CC=C)C(C)C)c1ccccc1. The number of esters is 1. The molecule has 8 atom stereocenters. The number of nitrogens with zero attached hydrogens (tertiary/aromatic N) is 2. The minimum atomic E-state index is -1.23. The van der Waals surface area contributed by atoms with Crippen LogP contribution in [0.1, 0.15) is 70.5 Å². The number of likely N-dealkylation sites (tertiary alicyclic amines) is 1. The van der Waals surface area contributed by atoms with Crippen LogP contribution in [-0.2, 0) is 33.4 Å². The van der Waals surface area contributed by atoms with Gasteiger partial charge in [0.1, 0.15) is 17.7 Å². The molecular weight excluding hydrogens is 694 g/mol. The molecule has 0 saturated carbocycles. The number of benzene rings is 1. The highest BCUT2D eigenvalue weighted by molar-refractivity contribution is 9.09. The molecule has 270 valence electrons. The number of methoxy groups -OCH3 is 1. The number of unbranched alkanes of at least 4 members (excludes halogenated alkanes) is 3. The Morgan fingerprint density at radius 2 is 1.88 bits per heavy atom. The lowest BCUT2D eigenvalue weighted by atomic mass is 9.70. The van der Waals surface area contributed by atoms with Gasteiger partial charge in [0.2, 0.25) is 17.7 Å². The van der Waals surface area contributed by atoms with Gasteiger partial charge in [0.15, 0.2) is 0 Å². The van der Waals surface area contributed by atoms with E-state index in [1.54, 1.807) is 22.0 Å². The summed E-state index contributed by atoms with van der Waals surface area (Å²) in [4.78, 5) is 59.3. The van der Waals surface area contributed by atoms with Gasteiger partial charge in [-0.25, -0.2) is 0 Å². The molecule has 11 nitrogen and oxygen atoms in total. The molecule has 0 radical (unpaired) electrons. The van der Waals surface area contributed by atoms with E-state index in [0.717, 1.165) is 12.8 Å². The van der Waals surface area contributed by atoms with Gasteiger partial charge in [-0.1, -0.05) is 71.3 Å². The van der Waals surface area contributed by atoms with Crippen LogP contribution in [0.3, 0.4) is 0 Å². The second-order valence-corrected chi connectivity index (χ2v) is 14.6. The molecule has 0 aromatic heterocycles. The Labute approximate surface area is 298 Å². The van der Waals surface area contributed by atoms with Crippen molar-refractivity contribution in [3.05, 3.63) is 61.2 Å². The van der Waals surface area contributed by atoms with E-state index in [0.29, 0.717) is 44.3 Å². The summed E-state index contributed by atoms with van der Waals surface area (Å²) in [7, 11) is 1.51. The third kappa shape index (κ3) is 8.30. The lowest BCUT2D eigenvalue weighted by Crippen LogP contribution is -2.58.